The predicted octanol–water partition coefficient (Wildman–Crippen LogP) is 0.741. The van der Waals surface area contributed by atoms with Gasteiger partial charge in [0, 0.05) is 12.7 Å². The standard InChI is InChI=1S/C13H11FN2O3/c1-7-5-8(3-4-10(7)14)11-9(6-17)12(19-2)13(18)16-15-11/h3-5,12H,1-2H3,(H,16,18). The minimum Gasteiger partial charge on any atom is -0.366 e. The molecule has 0 aliphatic carbocycles. The summed E-state index contributed by atoms with van der Waals surface area (Å²) in [5.41, 5.74) is 3.41. The molecule has 0 saturated heterocycles. The molecule has 0 spiro atoms. The van der Waals surface area contributed by atoms with Crippen LogP contribution in [0.2, 0.25) is 0 Å². The number of benzene rings is 1. The van der Waals surface area contributed by atoms with Crippen LogP contribution in [0.5, 0.6) is 0 Å². The van der Waals surface area contributed by atoms with Crippen molar-refractivity contribution in [2.75, 3.05) is 7.11 Å². The van der Waals surface area contributed by atoms with Gasteiger partial charge in [0.05, 0.1) is 0 Å². The highest BCUT2D eigenvalue weighted by Crippen LogP contribution is 2.18. The molecule has 5 nitrogen and oxygen atoms in total. The fraction of sp³-hybridized carbons (Fsp3) is 0.231. The molecule has 6 heteroatoms. The summed E-state index contributed by atoms with van der Waals surface area (Å²) in [7, 11) is 1.31. The average Bonchev–Trinajstić information content (AvgIpc) is 2.41. The minimum atomic E-state index is -1.06. The lowest BCUT2D eigenvalue weighted by atomic mass is 9.96. The summed E-state index contributed by atoms with van der Waals surface area (Å²) in [5, 5.41) is 3.82. The Morgan fingerprint density at radius 2 is 2.21 bits per heavy atom. The second kappa shape index (κ2) is 5.14. The molecule has 98 valence electrons. The first-order valence-corrected chi connectivity index (χ1v) is 5.50. The van der Waals surface area contributed by atoms with E-state index in [4.69, 9.17) is 4.74 Å². The zero-order valence-corrected chi connectivity index (χ0v) is 10.4. The third-order valence-corrected chi connectivity index (χ3v) is 2.81. The Morgan fingerprint density at radius 3 is 2.79 bits per heavy atom. The number of hydrogen-bond acceptors (Lipinski definition) is 4. The molecule has 1 N–H and O–H groups in total. The van der Waals surface area contributed by atoms with Crippen molar-refractivity contribution in [3.05, 3.63) is 40.7 Å². The van der Waals surface area contributed by atoms with E-state index in [0.717, 1.165) is 0 Å². The smallest absolute Gasteiger partial charge is 0.274 e. The molecular weight excluding hydrogens is 251 g/mol. The van der Waals surface area contributed by atoms with Crippen LogP contribution in [0, 0.1) is 12.7 Å². The highest BCUT2D eigenvalue weighted by molar-refractivity contribution is 6.21. The Bertz CT molecular complexity index is 618. The van der Waals surface area contributed by atoms with Gasteiger partial charge < -0.3 is 4.74 Å². The number of halogens is 1. The molecule has 0 bridgehead atoms. The second-order valence-electron chi connectivity index (χ2n) is 4.03. The van der Waals surface area contributed by atoms with Gasteiger partial charge in [0.15, 0.2) is 6.10 Å². The molecule has 2 rings (SSSR count). The van der Waals surface area contributed by atoms with Gasteiger partial charge in [0.25, 0.3) is 5.91 Å². The van der Waals surface area contributed by atoms with Crippen molar-refractivity contribution in [2.45, 2.75) is 13.0 Å². The van der Waals surface area contributed by atoms with Crippen LogP contribution < -0.4 is 5.43 Å². The molecule has 0 fully saturated rings. The molecule has 19 heavy (non-hydrogen) atoms. The van der Waals surface area contributed by atoms with Crippen LogP contribution in [0.4, 0.5) is 4.39 Å². The zero-order chi connectivity index (χ0) is 14.0. The van der Waals surface area contributed by atoms with E-state index >= 15 is 0 Å². The van der Waals surface area contributed by atoms with Crippen LogP contribution in [0.25, 0.3) is 0 Å². The van der Waals surface area contributed by atoms with Gasteiger partial charge in [-0.05, 0) is 30.7 Å². The number of rotatable bonds is 2. The number of carbonyl (C=O) groups is 1. The van der Waals surface area contributed by atoms with Gasteiger partial charge in [0.2, 0.25) is 0 Å². The first-order chi connectivity index (χ1) is 9.08. The van der Waals surface area contributed by atoms with Crippen LogP contribution in [-0.2, 0) is 14.3 Å². The van der Waals surface area contributed by atoms with E-state index in [1.807, 2.05) is 0 Å². The summed E-state index contributed by atoms with van der Waals surface area (Å²) >= 11 is 0. The molecule has 1 aromatic carbocycles. The number of carbonyl (C=O) groups excluding carboxylic acids is 2. The number of ether oxygens (including phenoxy) is 1. The van der Waals surface area contributed by atoms with E-state index in [9.17, 15) is 14.0 Å². The van der Waals surface area contributed by atoms with E-state index in [1.54, 1.807) is 12.9 Å². The summed E-state index contributed by atoms with van der Waals surface area (Å²) in [4.78, 5) is 22.5. The third kappa shape index (κ3) is 2.31. The van der Waals surface area contributed by atoms with Crippen LogP contribution in [-0.4, -0.2) is 30.8 Å². The number of methoxy groups -OCH3 is 1. The van der Waals surface area contributed by atoms with Crippen molar-refractivity contribution >= 4 is 17.6 Å². The van der Waals surface area contributed by atoms with Crippen molar-refractivity contribution < 1.29 is 18.7 Å². The van der Waals surface area contributed by atoms with Crippen LogP contribution in [0.3, 0.4) is 0 Å². The molecule has 1 aliphatic heterocycles. The summed E-state index contributed by atoms with van der Waals surface area (Å²) in [6.45, 7) is 1.60. The van der Waals surface area contributed by atoms with Crippen molar-refractivity contribution in [1.82, 2.24) is 5.43 Å². The Morgan fingerprint density at radius 1 is 1.47 bits per heavy atom. The Kier molecular flexibility index (Phi) is 3.55. The van der Waals surface area contributed by atoms with Gasteiger partial charge in [0.1, 0.15) is 23.0 Å². The summed E-state index contributed by atoms with van der Waals surface area (Å²) < 4.78 is 18.2. The fourth-order valence-corrected chi connectivity index (χ4v) is 1.82. The summed E-state index contributed by atoms with van der Waals surface area (Å²) in [5.74, 6) is 0.778. The van der Waals surface area contributed by atoms with E-state index in [2.05, 4.69) is 10.5 Å². The number of amides is 1. The van der Waals surface area contributed by atoms with Crippen molar-refractivity contribution in [1.29, 1.82) is 0 Å². The van der Waals surface area contributed by atoms with Crippen molar-refractivity contribution in [3.63, 3.8) is 0 Å². The fourth-order valence-electron chi connectivity index (χ4n) is 1.82. The molecule has 0 aromatic heterocycles. The normalized spacial score (nSPS) is 18.7. The van der Waals surface area contributed by atoms with Crippen LogP contribution in [0.15, 0.2) is 28.9 Å². The molecule has 1 aromatic rings. The molecule has 0 radical (unpaired) electrons. The minimum absolute atomic E-state index is 0.00254. The second-order valence-corrected chi connectivity index (χ2v) is 4.03. The molecular formula is C13H11FN2O3. The van der Waals surface area contributed by atoms with Crippen LogP contribution in [0.1, 0.15) is 11.1 Å². The SMILES string of the molecule is COC1C(=O)NN=C(c2ccc(F)c(C)c2)C1=C=O. The van der Waals surface area contributed by atoms with Crippen LogP contribution >= 0.6 is 0 Å². The maximum absolute atomic E-state index is 13.2. The Balaban J connectivity index is 2.51. The lowest BCUT2D eigenvalue weighted by Gasteiger charge is -2.21. The Labute approximate surface area is 108 Å². The molecule has 1 aliphatic rings. The van der Waals surface area contributed by atoms with E-state index < -0.39 is 12.0 Å². The Hall–Kier alpha value is -2.30. The maximum atomic E-state index is 13.2. The number of hydrazone groups is 1. The maximum Gasteiger partial charge on any atom is 0.274 e. The van der Waals surface area contributed by atoms with E-state index in [1.165, 1.54) is 25.3 Å². The topological polar surface area (TPSA) is 67.8 Å². The van der Waals surface area contributed by atoms with Gasteiger partial charge in [-0.25, -0.2) is 14.6 Å². The van der Waals surface area contributed by atoms with Gasteiger partial charge in [-0.2, -0.15) is 5.10 Å². The number of aryl methyl sites for hydroxylation is 1. The monoisotopic (exact) mass is 262 g/mol. The van der Waals surface area contributed by atoms with E-state index in [0.29, 0.717) is 11.1 Å². The molecule has 1 atom stereocenters. The number of hydrogen-bond donors (Lipinski definition) is 1. The number of nitrogens with zero attached hydrogens (tertiary/aromatic N) is 1. The zero-order valence-electron chi connectivity index (χ0n) is 10.4. The first-order valence-electron chi connectivity index (χ1n) is 5.50. The molecule has 0 saturated carbocycles. The molecule has 1 unspecified atom stereocenters. The average molecular weight is 262 g/mol. The number of nitrogens with one attached hydrogen (secondary N) is 1. The van der Waals surface area contributed by atoms with E-state index in [-0.39, 0.29) is 17.1 Å². The van der Waals surface area contributed by atoms with Crippen molar-refractivity contribution in [2.24, 2.45) is 5.10 Å². The predicted molar refractivity (Wildman–Crippen MR) is 65.8 cm³/mol. The van der Waals surface area contributed by atoms with Crippen molar-refractivity contribution in [3.8, 4) is 0 Å². The van der Waals surface area contributed by atoms with Gasteiger partial charge >= 0.3 is 0 Å². The summed E-state index contributed by atoms with van der Waals surface area (Å²) in [6, 6.07) is 4.28. The quantitative estimate of drug-likeness (QED) is 0.799. The lowest BCUT2D eigenvalue weighted by molar-refractivity contribution is -0.129. The highest BCUT2D eigenvalue weighted by atomic mass is 19.1. The largest absolute Gasteiger partial charge is 0.366 e. The van der Waals surface area contributed by atoms with Gasteiger partial charge in [-0.3, -0.25) is 4.79 Å². The highest BCUT2D eigenvalue weighted by Gasteiger charge is 2.32. The third-order valence-electron chi connectivity index (χ3n) is 2.81. The lowest BCUT2D eigenvalue weighted by Crippen LogP contribution is -2.42. The van der Waals surface area contributed by atoms with Gasteiger partial charge in [-0.1, -0.05) is 0 Å². The molecule has 1 heterocycles. The first kappa shape index (κ1) is 13.1. The molecule has 1 amide bonds. The summed E-state index contributed by atoms with van der Waals surface area (Å²) in [6.07, 6.45) is -1.06. The van der Waals surface area contributed by atoms with Gasteiger partial charge in [-0.15, -0.1) is 0 Å².